The smallest absolute Gasteiger partial charge is 0.311 e. The van der Waals surface area contributed by atoms with Gasteiger partial charge in [-0.2, -0.15) is 0 Å². The van der Waals surface area contributed by atoms with Gasteiger partial charge in [-0.05, 0) is 95.4 Å². The molecule has 2 aliphatic heterocycles. The minimum Gasteiger partial charge on any atom is -0.508 e. The van der Waals surface area contributed by atoms with Crippen molar-refractivity contribution >= 4 is 63.3 Å². The molecule has 4 N–H and O–H groups in total. The molecule has 2 heterocycles. The molecule has 9 nitrogen and oxygen atoms in total. The lowest BCUT2D eigenvalue weighted by Crippen LogP contribution is -2.25. The highest BCUT2D eigenvalue weighted by atomic mass is 32.0. The van der Waals surface area contributed by atoms with Gasteiger partial charge in [-0.1, -0.05) is 103 Å². The molecule has 7 aromatic rings. The molecule has 0 aliphatic carbocycles. The molecular formula is C45H42BO9P5. The molecule has 7 aromatic carbocycles. The van der Waals surface area contributed by atoms with Gasteiger partial charge in [0.2, 0.25) is 9.00 Å². The quantitative estimate of drug-likeness (QED) is 0.0978. The molecule has 60 heavy (non-hydrogen) atoms. The van der Waals surface area contributed by atoms with Gasteiger partial charge >= 0.3 is 7.37 Å². The van der Waals surface area contributed by atoms with Gasteiger partial charge in [-0.25, -0.2) is 0 Å². The van der Waals surface area contributed by atoms with Crippen molar-refractivity contribution in [2.24, 2.45) is 0 Å². The zero-order valence-corrected chi connectivity index (χ0v) is 37.5. The first-order valence-electron chi connectivity index (χ1n) is 18.8. The molecule has 304 valence electrons. The predicted octanol–water partition coefficient (Wildman–Crippen LogP) is 10.5. The molecule has 5 unspecified atom stereocenters. The first-order valence-corrected chi connectivity index (χ1v) is 26.5. The third kappa shape index (κ3) is 9.67. The van der Waals surface area contributed by atoms with Crippen molar-refractivity contribution in [2.75, 3.05) is 6.66 Å². The summed E-state index contributed by atoms with van der Waals surface area (Å²) in [4.78, 5) is 3.52. The summed E-state index contributed by atoms with van der Waals surface area (Å²) >= 11 is 0. The molecule has 9 rings (SSSR count). The topological polar surface area (TPSA) is 151 Å². The molecule has 0 amide bonds. The van der Waals surface area contributed by atoms with Crippen LogP contribution < -0.4 is 25.0 Å². The van der Waals surface area contributed by atoms with Crippen molar-refractivity contribution in [3.05, 3.63) is 180 Å². The Morgan fingerprint density at radius 3 is 1.52 bits per heavy atom. The SMILES string of the molecule is Cc1ccc(O)c(P2(=O)Oc3ccccc3-c3ccccc32)c1.O=P1(C(c2ccc(O)cc2)c2ccc(O)cc2)Oc2ccccc2-c2ccccc21.PP.[2H]OP([B])(C)=O. The fraction of sp³-hybridized carbons (Fsp3) is 0.0667. The Morgan fingerprint density at radius 2 is 1.02 bits per heavy atom. The van der Waals surface area contributed by atoms with Gasteiger partial charge in [0.15, 0.2) is 0 Å². The summed E-state index contributed by atoms with van der Waals surface area (Å²) < 4.78 is 56.7. The maximum absolute atomic E-state index is 14.7. The predicted molar refractivity (Wildman–Crippen MR) is 251 cm³/mol. The number of rotatable bonds is 5. The van der Waals surface area contributed by atoms with Crippen molar-refractivity contribution in [1.82, 2.24) is 0 Å². The maximum atomic E-state index is 14.7. The van der Waals surface area contributed by atoms with Crippen molar-refractivity contribution in [2.45, 2.75) is 12.6 Å². The molecule has 0 aromatic heterocycles. The van der Waals surface area contributed by atoms with Crippen molar-refractivity contribution in [3.8, 4) is 51.0 Å². The average molecular weight is 894 g/mol. The largest absolute Gasteiger partial charge is 0.508 e. The number of phenols is 3. The lowest BCUT2D eigenvalue weighted by molar-refractivity contribution is 0.472. The maximum Gasteiger partial charge on any atom is 0.311 e. The number of para-hydroxylation sites is 2. The van der Waals surface area contributed by atoms with Gasteiger partial charge in [-0.15, -0.1) is 17.9 Å². The monoisotopic (exact) mass is 893 g/mol. The first-order chi connectivity index (χ1) is 29.2. The molecule has 2 radical (unpaired) electrons. The van der Waals surface area contributed by atoms with Crippen LogP contribution >= 0.6 is 39.8 Å². The van der Waals surface area contributed by atoms with Crippen molar-refractivity contribution < 1.29 is 43.0 Å². The Morgan fingerprint density at radius 1 is 0.600 bits per heavy atom. The summed E-state index contributed by atoms with van der Waals surface area (Å²) in [6.07, 6.45) is 0. The summed E-state index contributed by atoms with van der Waals surface area (Å²) in [6, 6.07) is 48.8. The van der Waals surface area contributed by atoms with E-state index in [2.05, 4.69) is 30.3 Å². The average Bonchev–Trinajstić information content (AvgIpc) is 3.27. The fourth-order valence-electron chi connectivity index (χ4n) is 6.99. The van der Waals surface area contributed by atoms with E-state index >= 15 is 0 Å². The van der Waals surface area contributed by atoms with Crippen LogP contribution in [0, 0.1) is 6.92 Å². The Labute approximate surface area is 357 Å². The van der Waals surface area contributed by atoms with Crippen molar-refractivity contribution in [1.29, 1.82) is 1.43 Å². The summed E-state index contributed by atoms with van der Waals surface area (Å²) in [6.45, 7) is 3.07. The van der Waals surface area contributed by atoms with E-state index in [0.717, 1.165) is 38.9 Å². The minimum absolute atomic E-state index is 0.00637. The van der Waals surface area contributed by atoms with Gasteiger partial charge in [-0.3, -0.25) is 9.13 Å². The molecule has 0 fully saturated rings. The zero-order chi connectivity index (χ0) is 44.0. The van der Waals surface area contributed by atoms with Crippen LogP contribution in [-0.2, 0) is 13.7 Å². The van der Waals surface area contributed by atoms with Crippen molar-refractivity contribution in [3.63, 3.8) is 0 Å². The number of aryl methyl sites for hydroxylation is 1. The second kappa shape index (κ2) is 18.8. The van der Waals surface area contributed by atoms with Gasteiger partial charge in [0, 0.05) is 17.8 Å². The van der Waals surface area contributed by atoms with Crippen LogP contribution in [0.1, 0.15) is 22.3 Å². The summed E-state index contributed by atoms with van der Waals surface area (Å²) in [5.41, 5.74) is 5.45. The molecule has 0 bridgehead atoms. The van der Waals surface area contributed by atoms with Crippen LogP contribution in [0.4, 0.5) is 0 Å². The minimum atomic E-state index is -3.48. The molecule has 0 saturated heterocycles. The highest BCUT2D eigenvalue weighted by Crippen LogP contribution is 2.65. The molecule has 5 atom stereocenters. The standard InChI is InChI=1S/C25H19O4P.C19H15O3P.CH4BO2P.H4P2/c26-19-13-9-17(10-14-19)25(18-11-15-20(27)16-12-18)30(28)24-8-4-2-6-22(24)21-5-1-3-7-23(21)29-30;1-13-10-11-16(20)19(12-13)23(21)18-9-5-3-7-15(18)14-6-2-4-8-17(14)22-23;1-5(2,3)4;1-2/h1-16,25-27H;2-12,20H,1H3;1H3,(H,3,4);1-2H2/i/hD. The van der Waals surface area contributed by atoms with Crippen LogP contribution in [0.2, 0.25) is 0 Å². The summed E-state index contributed by atoms with van der Waals surface area (Å²) in [5, 5.41) is 31.5. The van der Waals surface area contributed by atoms with Crippen LogP contribution in [0.3, 0.4) is 0 Å². The molecular weight excluding hydrogens is 850 g/mol. The molecule has 15 heteroatoms. The summed E-state index contributed by atoms with van der Waals surface area (Å²) in [5.74, 6) is 1.43. The number of phenolic OH excluding ortho intramolecular Hbond substituents is 3. The van der Waals surface area contributed by atoms with E-state index in [9.17, 15) is 29.0 Å². The van der Waals surface area contributed by atoms with Gasteiger partial charge in [0.25, 0.3) is 7.37 Å². The van der Waals surface area contributed by atoms with Crippen LogP contribution in [0.25, 0.3) is 22.3 Å². The number of fused-ring (bicyclic) bond motifs is 6. The first kappa shape index (κ1) is 43.2. The van der Waals surface area contributed by atoms with E-state index in [1.807, 2.05) is 104 Å². The lowest BCUT2D eigenvalue weighted by Gasteiger charge is -2.34. The fourth-order valence-corrected chi connectivity index (χ4v) is 12.3. The Bertz CT molecular complexity index is 2750. The van der Waals surface area contributed by atoms with E-state index in [-0.39, 0.29) is 17.2 Å². The Hall–Kier alpha value is -4.89. The second-order valence-electron chi connectivity index (χ2n) is 13.8. The van der Waals surface area contributed by atoms with Crippen LogP contribution in [-0.4, -0.2) is 35.9 Å². The van der Waals surface area contributed by atoms with E-state index < -0.39 is 27.6 Å². The number of hydrogen-bond acceptors (Lipinski definition) is 9. The highest BCUT2D eigenvalue weighted by molar-refractivity contribution is 7.92. The van der Waals surface area contributed by atoms with Gasteiger partial charge in [0.1, 0.15) is 41.7 Å². The van der Waals surface area contributed by atoms with E-state index in [0.29, 0.717) is 27.4 Å². The third-order valence-electron chi connectivity index (χ3n) is 9.48. The third-order valence-corrected chi connectivity index (χ3v) is 14.8. The molecule has 0 spiro atoms. The Balaban J connectivity index is 0.000000178. The van der Waals surface area contributed by atoms with E-state index in [1.165, 1.54) is 6.66 Å². The molecule has 2 aliphatic rings. The van der Waals surface area contributed by atoms with Crippen LogP contribution in [0.15, 0.2) is 164 Å². The number of hydrogen-bond donors (Lipinski definition) is 4. The lowest BCUT2D eigenvalue weighted by atomic mass is 10.0. The van der Waals surface area contributed by atoms with Gasteiger partial charge in [0.05, 0.1) is 15.9 Å². The second-order valence-corrected chi connectivity index (χ2v) is 20.3. The normalized spacial score (nSPS) is 17.8. The van der Waals surface area contributed by atoms with Gasteiger partial charge < -0.3 is 33.8 Å². The van der Waals surface area contributed by atoms with E-state index in [4.69, 9.17) is 10.5 Å². The zero-order valence-electron chi connectivity index (χ0n) is 33.5. The molecule has 0 saturated carbocycles. The Kier molecular flexibility index (Phi) is 13.5. The summed E-state index contributed by atoms with van der Waals surface area (Å²) in [7, 11) is -0.519. The van der Waals surface area contributed by atoms with E-state index in [1.54, 1.807) is 66.7 Å². The number of aromatic hydroxyl groups is 3. The van der Waals surface area contributed by atoms with Crippen LogP contribution in [0.5, 0.6) is 28.7 Å². The highest BCUT2D eigenvalue weighted by Gasteiger charge is 2.45. The number of benzene rings is 7.